The first-order chi connectivity index (χ1) is 9.73. The number of aromatic nitrogens is 4. The molecule has 0 unspecified atom stereocenters. The first kappa shape index (κ1) is 15.9. The van der Waals surface area contributed by atoms with Crippen LogP contribution in [-0.2, 0) is 0 Å². The van der Waals surface area contributed by atoms with Gasteiger partial charge < -0.3 is 4.57 Å². The van der Waals surface area contributed by atoms with Gasteiger partial charge in [0.2, 0.25) is 0 Å². The van der Waals surface area contributed by atoms with E-state index >= 15 is 0 Å². The SMILES string of the molecule is CC(C)c1nc(C(C)C)c2nc(C(C)C)n(C(C)C)c2n1. The van der Waals surface area contributed by atoms with Crippen molar-refractivity contribution in [1.29, 1.82) is 0 Å². The number of nitrogens with zero attached hydrogens (tertiary/aromatic N) is 4. The van der Waals surface area contributed by atoms with Crippen LogP contribution in [-0.4, -0.2) is 19.5 Å². The van der Waals surface area contributed by atoms with E-state index in [9.17, 15) is 0 Å². The van der Waals surface area contributed by atoms with Gasteiger partial charge in [-0.1, -0.05) is 41.5 Å². The van der Waals surface area contributed by atoms with E-state index in [0.29, 0.717) is 23.8 Å². The van der Waals surface area contributed by atoms with Crippen LogP contribution >= 0.6 is 0 Å². The molecule has 4 nitrogen and oxygen atoms in total. The Morgan fingerprint density at radius 1 is 0.714 bits per heavy atom. The average molecular weight is 288 g/mol. The van der Waals surface area contributed by atoms with Crippen LogP contribution in [0.1, 0.15) is 96.5 Å². The maximum Gasteiger partial charge on any atom is 0.164 e. The standard InChI is InChI=1S/C17H28N4/c1-9(2)13-14-17(20-15(18-13)10(3)4)21(12(7)8)16(19-14)11(5)6/h9-12H,1-8H3. The highest BCUT2D eigenvalue weighted by Crippen LogP contribution is 2.30. The van der Waals surface area contributed by atoms with Gasteiger partial charge >= 0.3 is 0 Å². The summed E-state index contributed by atoms with van der Waals surface area (Å²) >= 11 is 0. The summed E-state index contributed by atoms with van der Waals surface area (Å²) in [4.78, 5) is 14.5. The summed E-state index contributed by atoms with van der Waals surface area (Å²) in [5, 5.41) is 0. The van der Waals surface area contributed by atoms with Gasteiger partial charge in [-0.25, -0.2) is 15.0 Å². The van der Waals surface area contributed by atoms with Crippen molar-refractivity contribution in [3.8, 4) is 0 Å². The zero-order valence-corrected chi connectivity index (χ0v) is 14.6. The lowest BCUT2D eigenvalue weighted by Crippen LogP contribution is -2.10. The molecule has 0 N–H and O–H groups in total. The molecule has 0 saturated heterocycles. The van der Waals surface area contributed by atoms with E-state index in [1.54, 1.807) is 0 Å². The molecule has 0 spiro atoms. The Balaban J connectivity index is 2.87. The Labute approximate surface area is 128 Å². The molecule has 2 rings (SSSR count). The Kier molecular flexibility index (Phi) is 4.35. The maximum atomic E-state index is 4.89. The van der Waals surface area contributed by atoms with Gasteiger partial charge in [0.25, 0.3) is 0 Å². The summed E-state index contributed by atoms with van der Waals surface area (Å²) in [6.07, 6.45) is 0. The van der Waals surface area contributed by atoms with Gasteiger partial charge in [0.05, 0.1) is 5.69 Å². The third kappa shape index (κ3) is 2.81. The van der Waals surface area contributed by atoms with E-state index < -0.39 is 0 Å². The van der Waals surface area contributed by atoms with E-state index in [1.807, 2.05) is 0 Å². The van der Waals surface area contributed by atoms with Crippen molar-refractivity contribution < 1.29 is 0 Å². The molecule has 0 atom stereocenters. The minimum absolute atomic E-state index is 0.324. The number of rotatable bonds is 4. The van der Waals surface area contributed by atoms with Gasteiger partial charge in [0.15, 0.2) is 5.65 Å². The summed E-state index contributed by atoms with van der Waals surface area (Å²) in [6.45, 7) is 17.4. The number of imidazole rings is 1. The van der Waals surface area contributed by atoms with Gasteiger partial charge in [-0.3, -0.25) is 0 Å². The van der Waals surface area contributed by atoms with Crippen LogP contribution < -0.4 is 0 Å². The van der Waals surface area contributed by atoms with E-state index in [0.717, 1.165) is 28.5 Å². The molecule has 4 heteroatoms. The average Bonchev–Trinajstić information content (AvgIpc) is 2.76. The second-order valence-electron chi connectivity index (χ2n) is 7.04. The monoisotopic (exact) mass is 288 g/mol. The zero-order chi connectivity index (χ0) is 15.9. The smallest absolute Gasteiger partial charge is 0.164 e. The number of hydrogen-bond acceptors (Lipinski definition) is 3. The van der Waals surface area contributed by atoms with Crippen LogP contribution in [0.25, 0.3) is 11.2 Å². The molecule has 0 amide bonds. The minimum atomic E-state index is 0.324. The van der Waals surface area contributed by atoms with Gasteiger partial charge in [0, 0.05) is 17.9 Å². The van der Waals surface area contributed by atoms with E-state index in [2.05, 4.69) is 60.0 Å². The topological polar surface area (TPSA) is 43.6 Å². The molecule has 0 aliphatic carbocycles. The van der Waals surface area contributed by atoms with Crippen LogP contribution in [0, 0.1) is 0 Å². The van der Waals surface area contributed by atoms with E-state index in [4.69, 9.17) is 15.0 Å². The first-order valence-corrected chi connectivity index (χ1v) is 8.03. The van der Waals surface area contributed by atoms with Gasteiger partial charge in [-0.15, -0.1) is 0 Å². The third-order valence-corrected chi connectivity index (χ3v) is 3.71. The quantitative estimate of drug-likeness (QED) is 0.813. The normalized spacial score (nSPS) is 12.6. The van der Waals surface area contributed by atoms with E-state index in [-0.39, 0.29) is 0 Å². The highest BCUT2D eigenvalue weighted by Gasteiger charge is 2.22. The third-order valence-electron chi connectivity index (χ3n) is 3.71. The molecule has 21 heavy (non-hydrogen) atoms. The highest BCUT2D eigenvalue weighted by molar-refractivity contribution is 5.75. The second kappa shape index (κ2) is 5.74. The molecule has 0 fully saturated rings. The summed E-state index contributed by atoms with van der Waals surface area (Å²) in [5.41, 5.74) is 3.05. The first-order valence-electron chi connectivity index (χ1n) is 8.03. The molecule has 2 heterocycles. The van der Waals surface area contributed by atoms with Crippen LogP contribution in [0.3, 0.4) is 0 Å². The Morgan fingerprint density at radius 2 is 1.33 bits per heavy atom. The van der Waals surface area contributed by atoms with Crippen molar-refractivity contribution in [2.75, 3.05) is 0 Å². The molecule has 0 aromatic carbocycles. The maximum absolute atomic E-state index is 4.89. The molecule has 0 saturated carbocycles. The lowest BCUT2D eigenvalue weighted by atomic mass is 10.1. The van der Waals surface area contributed by atoms with Crippen molar-refractivity contribution in [3.05, 3.63) is 17.3 Å². The predicted octanol–water partition coefficient (Wildman–Crippen LogP) is 4.78. The molecular weight excluding hydrogens is 260 g/mol. The fourth-order valence-corrected chi connectivity index (χ4v) is 2.61. The highest BCUT2D eigenvalue weighted by atomic mass is 15.2. The van der Waals surface area contributed by atoms with Gasteiger partial charge in [0.1, 0.15) is 17.2 Å². The molecule has 0 aliphatic heterocycles. The van der Waals surface area contributed by atoms with Crippen molar-refractivity contribution in [3.63, 3.8) is 0 Å². The van der Waals surface area contributed by atoms with Crippen LogP contribution in [0.15, 0.2) is 0 Å². The lowest BCUT2D eigenvalue weighted by Gasteiger charge is -2.15. The molecule has 0 bridgehead atoms. The van der Waals surface area contributed by atoms with Crippen molar-refractivity contribution >= 4 is 11.2 Å². The summed E-state index contributed by atoms with van der Waals surface area (Å²) in [7, 11) is 0. The molecule has 2 aromatic rings. The molecule has 0 radical (unpaired) electrons. The zero-order valence-electron chi connectivity index (χ0n) is 14.6. The summed E-state index contributed by atoms with van der Waals surface area (Å²) in [6, 6.07) is 0.349. The molecular formula is C17H28N4. The summed E-state index contributed by atoms with van der Waals surface area (Å²) < 4.78 is 2.28. The largest absolute Gasteiger partial charge is 0.310 e. The number of hydrogen-bond donors (Lipinski definition) is 0. The Hall–Kier alpha value is -1.45. The Morgan fingerprint density at radius 3 is 1.76 bits per heavy atom. The molecule has 0 aliphatic rings. The van der Waals surface area contributed by atoms with Crippen LogP contribution in [0.4, 0.5) is 0 Å². The second-order valence-corrected chi connectivity index (χ2v) is 7.04. The molecule has 116 valence electrons. The molecule has 2 aromatic heterocycles. The van der Waals surface area contributed by atoms with Crippen molar-refractivity contribution in [1.82, 2.24) is 19.5 Å². The van der Waals surface area contributed by atoms with Gasteiger partial charge in [-0.2, -0.15) is 0 Å². The lowest BCUT2D eigenvalue weighted by molar-refractivity contribution is 0.559. The van der Waals surface area contributed by atoms with Crippen molar-refractivity contribution in [2.45, 2.75) is 79.2 Å². The van der Waals surface area contributed by atoms with E-state index in [1.165, 1.54) is 0 Å². The number of fused-ring (bicyclic) bond motifs is 1. The minimum Gasteiger partial charge on any atom is -0.310 e. The summed E-state index contributed by atoms with van der Waals surface area (Å²) in [5.74, 6) is 3.08. The Bertz CT molecular complexity index is 636. The fourth-order valence-electron chi connectivity index (χ4n) is 2.61. The predicted molar refractivity (Wildman–Crippen MR) is 88.0 cm³/mol. The van der Waals surface area contributed by atoms with Gasteiger partial charge in [-0.05, 0) is 19.8 Å². The van der Waals surface area contributed by atoms with Crippen LogP contribution in [0.2, 0.25) is 0 Å². The fraction of sp³-hybridized carbons (Fsp3) is 0.706. The van der Waals surface area contributed by atoms with Crippen molar-refractivity contribution in [2.24, 2.45) is 0 Å². The van der Waals surface area contributed by atoms with Crippen LogP contribution in [0.5, 0.6) is 0 Å².